The summed E-state index contributed by atoms with van der Waals surface area (Å²) in [5.74, 6) is -0.930. The van der Waals surface area contributed by atoms with Gasteiger partial charge in [-0.05, 0) is 41.8 Å². The maximum Gasteiger partial charge on any atom is 0.270 e. The van der Waals surface area contributed by atoms with Crippen LogP contribution in [0.15, 0.2) is 64.5 Å². The van der Waals surface area contributed by atoms with Crippen molar-refractivity contribution in [3.8, 4) is 22.2 Å². The molecule has 1 amide bonds. The molecule has 0 unspecified atom stereocenters. The number of amides is 1. The van der Waals surface area contributed by atoms with Gasteiger partial charge in [-0.1, -0.05) is 23.4 Å². The molecular weight excluding hydrogens is 372 g/mol. The van der Waals surface area contributed by atoms with E-state index in [0.717, 1.165) is 6.07 Å². The standard InChI is InChI=1S/C19H11F2N3O2S/c20-13-5-1-3-11(9-13)17-23-19(26-24-17)16-15(7-8-27-16)22-18(25)12-4-2-6-14(21)10-12/h1-10H,(H,22,25). The number of benzene rings is 2. The monoisotopic (exact) mass is 383 g/mol. The molecule has 2 aromatic carbocycles. The minimum atomic E-state index is -0.496. The van der Waals surface area contributed by atoms with Gasteiger partial charge in [-0.3, -0.25) is 4.79 Å². The van der Waals surface area contributed by atoms with Crippen LogP contribution in [-0.4, -0.2) is 16.0 Å². The summed E-state index contributed by atoms with van der Waals surface area (Å²) < 4.78 is 31.9. The Morgan fingerprint density at radius 1 is 1.04 bits per heavy atom. The highest BCUT2D eigenvalue weighted by Crippen LogP contribution is 2.34. The number of halogens is 2. The second-order valence-electron chi connectivity index (χ2n) is 5.56. The number of nitrogens with zero attached hydrogens (tertiary/aromatic N) is 2. The van der Waals surface area contributed by atoms with Gasteiger partial charge in [-0.25, -0.2) is 8.78 Å². The van der Waals surface area contributed by atoms with Crippen molar-refractivity contribution in [3.63, 3.8) is 0 Å². The van der Waals surface area contributed by atoms with Crippen molar-refractivity contribution in [1.29, 1.82) is 0 Å². The van der Waals surface area contributed by atoms with E-state index in [1.165, 1.54) is 41.7 Å². The summed E-state index contributed by atoms with van der Waals surface area (Å²) in [5, 5.41) is 8.33. The smallest absolute Gasteiger partial charge is 0.270 e. The number of hydrogen-bond acceptors (Lipinski definition) is 5. The highest BCUT2D eigenvalue weighted by Gasteiger charge is 2.18. The van der Waals surface area contributed by atoms with Gasteiger partial charge < -0.3 is 9.84 Å². The van der Waals surface area contributed by atoms with E-state index < -0.39 is 17.5 Å². The molecule has 0 spiro atoms. The first-order valence-corrected chi connectivity index (χ1v) is 8.72. The third-order valence-corrected chi connectivity index (χ3v) is 4.61. The van der Waals surface area contributed by atoms with Crippen molar-refractivity contribution in [1.82, 2.24) is 10.1 Å². The van der Waals surface area contributed by atoms with Crippen LogP contribution in [0.2, 0.25) is 0 Å². The fraction of sp³-hybridized carbons (Fsp3) is 0. The Labute approximate surface area is 156 Å². The SMILES string of the molecule is O=C(Nc1ccsc1-c1nc(-c2cccc(F)c2)no1)c1cccc(F)c1. The van der Waals surface area contributed by atoms with Crippen molar-refractivity contribution in [2.24, 2.45) is 0 Å². The highest BCUT2D eigenvalue weighted by atomic mass is 32.1. The van der Waals surface area contributed by atoms with Crippen LogP contribution < -0.4 is 5.32 Å². The molecule has 0 saturated heterocycles. The third kappa shape index (κ3) is 3.61. The maximum atomic E-state index is 13.4. The highest BCUT2D eigenvalue weighted by molar-refractivity contribution is 7.14. The Kier molecular flexibility index (Phi) is 4.47. The summed E-state index contributed by atoms with van der Waals surface area (Å²) in [6, 6.07) is 12.9. The molecular formula is C19H11F2N3O2S. The molecule has 0 aliphatic carbocycles. The molecule has 2 heterocycles. The normalized spacial score (nSPS) is 10.7. The van der Waals surface area contributed by atoms with E-state index in [1.807, 2.05) is 0 Å². The number of nitrogens with one attached hydrogen (secondary N) is 1. The van der Waals surface area contributed by atoms with E-state index in [9.17, 15) is 13.6 Å². The Morgan fingerprint density at radius 3 is 2.59 bits per heavy atom. The molecule has 8 heteroatoms. The van der Waals surface area contributed by atoms with Gasteiger partial charge in [0.25, 0.3) is 11.8 Å². The number of carbonyl (C=O) groups is 1. The van der Waals surface area contributed by atoms with E-state index >= 15 is 0 Å². The summed E-state index contributed by atoms with van der Waals surface area (Å²) in [7, 11) is 0. The minimum absolute atomic E-state index is 0.193. The van der Waals surface area contributed by atoms with Crippen molar-refractivity contribution in [2.75, 3.05) is 5.32 Å². The molecule has 0 aliphatic rings. The summed E-state index contributed by atoms with van der Waals surface area (Å²) in [6.07, 6.45) is 0. The first kappa shape index (κ1) is 17.0. The number of carbonyl (C=O) groups excluding carboxylic acids is 1. The van der Waals surface area contributed by atoms with Crippen LogP contribution in [0, 0.1) is 11.6 Å². The molecule has 5 nitrogen and oxygen atoms in total. The lowest BCUT2D eigenvalue weighted by atomic mass is 10.2. The fourth-order valence-corrected chi connectivity index (χ4v) is 3.23. The summed E-state index contributed by atoms with van der Waals surface area (Å²) in [5.41, 5.74) is 1.13. The van der Waals surface area contributed by atoms with Gasteiger partial charge in [-0.15, -0.1) is 11.3 Å². The number of anilines is 1. The first-order chi connectivity index (χ1) is 13.1. The lowest BCUT2D eigenvalue weighted by molar-refractivity contribution is 0.102. The Morgan fingerprint density at radius 2 is 1.81 bits per heavy atom. The third-order valence-electron chi connectivity index (χ3n) is 3.70. The zero-order valence-corrected chi connectivity index (χ0v) is 14.5. The number of aromatic nitrogens is 2. The van der Waals surface area contributed by atoms with Gasteiger partial charge in [0, 0.05) is 11.1 Å². The Hall–Kier alpha value is -3.39. The first-order valence-electron chi connectivity index (χ1n) is 7.84. The molecule has 0 saturated carbocycles. The molecule has 0 bridgehead atoms. The predicted molar refractivity (Wildman–Crippen MR) is 97.4 cm³/mol. The molecule has 134 valence electrons. The average molecular weight is 383 g/mol. The van der Waals surface area contributed by atoms with Crippen molar-refractivity contribution < 1.29 is 18.1 Å². The van der Waals surface area contributed by atoms with Crippen LogP contribution in [-0.2, 0) is 0 Å². The topological polar surface area (TPSA) is 68.0 Å². The average Bonchev–Trinajstić information content (AvgIpc) is 3.31. The van der Waals surface area contributed by atoms with Gasteiger partial charge in [0.2, 0.25) is 5.82 Å². The zero-order valence-electron chi connectivity index (χ0n) is 13.6. The van der Waals surface area contributed by atoms with Crippen LogP contribution in [0.4, 0.5) is 14.5 Å². The van der Waals surface area contributed by atoms with Crippen molar-refractivity contribution in [3.05, 3.63) is 77.2 Å². The van der Waals surface area contributed by atoms with Gasteiger partial charge in [0.15, 0.2) is 0 Å². The zero-order chi connectivity index (χ0) is 18.8. The largest absolute Gasteiger partial charge is 0.333 e. The van der Waals surface area contributed by atoms with E-state index in [4.69, 9.17) is 4.52 Å². The molecule has 4 rings (SSSR count). The van der Waals surface area contributed by atoms with Crippen molar-refractivity contribution >= 4 is 22.9 Å². The fourth-order valence-electron chi connectivity index (χ4n) is 2.46. The molecule has 2 aromatic heterocycles. The molecule has 1 N–H and O–H groups in total. The Balaban J connectivity index is 1.60. The molecule has 27 heavy (non-hydrogen) atoms. The number of rotatable bonds is 4. The van der Waals surface area contributed by atoms with E-state index in [1.54, 1.807) is 23.6 Å². The summed E-state index contributed by atoms with van der Waals surface area (Å²) in [4.78, 5) is 17.2. The summed E-state index contributed by atoms with van der Waals surface area (Å²) >= 11 is 1.30. The minimum Gasteiger partial charge on any atom is -0.333 e. The molecule has 0 aliphatic heterocycles. The van der Waals surface area contributed by atoms with Gasteiger partial charge >= 0.3 is 0 Å². The van der Waals surface area contributed by atoms with Crippen LogP contribution in [0.1, 0.15) is 10.4 Å². The number of thiophene rings is 1. The molecule has 4 aromatic rings. The van der Waals surface area contributed by atoms with Gasteiger partial charge in [-0.2, -0.15) is 4.98 Å². The van der Waals surface area contributed by atoms with Crippen LogP contribution >= 0.6 is 11.3 Å². The maximum absolute atomic E-state index is 13.4. The van der Waals surface area contributed by atoms with Crippen LogP contribution in [0.5, 0.6) is 0 Å². The second kappa shape index (κ2) is 7.08. The lowest BCUT2D eigenvalue weighted by Gasteiger charge is -2.04. The summed E-state index contributed by atoms with van der Waals surface area (Å²) in [6.45, 7) is 0. The Bertz CT molecular complexity index is 1120. The lowest BCUT2D eigenvalue weighted by Crippen LogP contribution is -2.12. The molecule has 0 atom stereocenters. The molecule has 0 radical (unpaired) electrons. The van der Waals surface area contributed by atoms with Crippen LogP contribution in [0.3, 0.4) is 0 Å². The van der Waals surface area contributed by atoms with E-state index in [-0.39, 0.29) is 17.3 Å². The quantitative estimate of drug-likeness (QED) is 0.539. The predicted octanol–water partition coefficient (Wildman–Crippen LogP) is 5.00. The number of hydrogen-bond donors (Lipinski definition) is 1. The molecule has 0 fully saturated rings. The van der Waals surface area contributed by atoms with Gasteiger partial charge in [0.05, 0.1) is 5.69 Å². The van der Waals surface area contributed by atoms with E-state index in [2.05, 4.69) is 15.5 Å². The van der Waals surface area contributed by atoms with E-state index in [0.29, 0.717) is 16.1 Å². The van der Waals surface area contributed by atoms with Gasteiger partial charge in [0.1, 0.15) is 16.5 Å². The van der Waals surface area contributed by atoms with Crippen molar-refractivity contribution in [2.45, 2.75) is 0 Å². The second-order valence-corrected chi connectivity index (χ2v) is 6.48. The van der Waals surface area contributed by atoms with Crippen LogP contribution in [0.25, 0.3) is 22.2 Å².